The minimum absolute atomic E-state index is 0.189. The zero-order valence-corrected chi connectivity index (χ0v) is 14.4. The van der Waals surface area contributed by atoms with E-state index in [1.165, 1.54) is 11.8 Å². The molecule has 0 aliphatic carbocycles. The molecule has 0 saturated heterocycles. The van der Waals surface area contributed by atoms with E-state index in [-0.39, 0.29) is 5.91 Å². The van der Waals surface area contributed by atoms with Crippen LogP contribution in [0, 0.1) is 20.8 Å². The number of benzene rings is 1. The number of hydrogen-bond donors (Lipinski definition) is 1. The van der Waals surface area contributed by atoms with Crippen LogP contribution in [0.5, 0.6) is 0 Å². The topological polar surface area (TPSA) is 59.3 Å². The van der Waals surface area contributed by atoms with E-state index in [4.69, 9.17) is 0 Å². The van der Waals surface area contributed by atoms with Gasteiger partial charge in [-0.15, -0.1) is 11.8 Å². The molecule has 3 aromatic rings. The van der Waals surface area contributed by atoms with Crippen LogP contribution in [0.15, 0.2) is 35.4 Å². The van der Waals surface area contributed by atoms with Gasteiger partial charge in [0.15, 0.2) is 5.65 Å². The van der Waals surface area contributed by atoms with E-state index >= 15 is 0 Å². The third kappa shape index (κ3) is 2.94. The first-order valence-electron chi connectivity index (χ1n) is 7.28. The van der Waals surface area contributed by atoms with Gasteiger partial charge < -0.3 is 5.32 Å². The highest BCUT2D eigenvalue weighted by Gasteiger charge is 2.21. The largest absolute Gasteiger partial charge is 0.322 e. The zero-order chi connectivity index (χ0) is 16.6. The number of rotatable bonds is 3. The van der Waals surface area contributed by atoms with Crippen LogP contribution in [0.2, 0.25) is 0 Å². The van der Waals surface area contributed by atoms with Crippen molar-refractivity contribution >= 4 is 29.0 Å². The van der Waals surface area contributed by atoms with Crippen LogP contribution in [-0.2, 0) is 0 Å². The van der Waals surface area contributed by atoms with Crippen molar-refractivity contribution in [2.24, 2.45) is 0 Å². The molecule has 1 N–H and O–H groups in total. The molecule has 0 fully saturated rings. The summed E-state index contributed by atoms with van der Waals surface area (Å²) in [6.07, 6.45) is 1.91. The normalized spacial score (nSPS) is 11.0. The summed E-state index contributed by atoms with van der Waals surface area (Å²) in [5, 5.41) is 8.11. The first-order chi connectivity index (χ1) is 11.0. The molecule has 0 aliphatic rings. The molecule has 0 bridgehead atoms. The highest BCUT2D eigenvalue weighted by atomic mass is 32.2. The molecule has 0 spiro atoms. The summed E-state index contributed by atoms with van der Waals surface area (Å²) in [6.45, 7) is 5.89. The van der Waals surface area contributed by atoms with Crippen molar-refractivity contribution in [3.8, 4) is 0 Å². The fourth-order valence-corrected chi connectivity index (χ4v) is 3.03. The molecule has 0 unspecified atom stereocenters. The first-order valence-corrected chi connectivity index (χ1v) is 8.51. The quantitative estimate of drug-likeness (QED) is 0.747. The van der Waals surface area contributed by atoms with Crippen molar-refractivity contribution in [1.29, 1.82) is 0 Å². The van der Waals surface area contributed by atoms with Crippen molar-refractivity contribution in [3.63, 3.8) is 0 Å². The Morgan fingerprint density at radius 1 is 1.17 bits per heavy atom. The summed E-state index contributed by atoms with van der Waals surface area (Å²) < 4.78 is 1.73. The van der Waals surface area contributed by atoms with Gasteiger partial charge in [-0.2, -0.15) is 5.10 Å². The standard InChI is InChI=1S/C17H18N4OS/c1-10-5-7-13(8-6-10)19-16(22)14-15-18-11(2)9-12(3)21(15)20-17(14)23-4/h5-9H,1-4H3,(H,19,22). The van der Waals surface area contributed by atoms with E-state index in [9.17, 15) is 4.79 Å². The number of amides is 1. The Labute approximate surface area is 139 Å². The molecule has 118 valence electrons. The summed E-state index contributed by atoms with van der Waals surface area (Å²) in [5.74, 6) is -0.189. The van der Waals surface area contributed by atoms with E-state index < -0.39 is 0 Å². The van der Waals surface area contributed by atoms with Gasteiger partial charge in [-0.25, -0.2) is 9.50 Å². The van der Waals surface area contributed by atoms with E-state index in [1.54, 1.807) is 4.52 Å². The lowest BCUT2D eigenvalue weighted by atomic mass is 10.2. The van der Waals surface area contributed by atoms with Gasteiger partial charge in [-0.3, -0.25) is 4.79 Å². The van der Waals surface area contributed by atoms with E-state index in [2.05, 4.69) is 15.4 Å². The number of aryl methyl sites for hydroxylation is 3. The predicted octanol–water partition coefficient (Wildman–Crippen LogP) is 3.63. The third-order valence-electron chi connectivity index (χ3n) is 3.59. The van der Waals surface area contributed by atoms with Gasteiger partial charge in [0.2, 0.25) is 0 Å². The fourth-order valence-electron chi connectivity index (χ4n) is 2.47. The Kier molecular flexibility index (Phi) is 4.09. The number of thioether (sulfide) groups is 1. The number of hydrogen-bond acceptors (Lipinski definition) is 4. The van der Waals surface area contributed by atoms with E-state index in [1.807, 2.05) is 57.4 Å². The van der Waals surface area contributed by atoms with Crippen LogP contribution in [0.25, 0.3) is 5.65 Å². The molecule has 0 saturated carbocycles. The third-order valence-corrected chi connectivity index (χ3v) is 4.27. The van der Waals surface area contributed by atoms with Gasteiger partial charge in [0.25, 0.3) is 5.91 Å². The minimum Gasteiger partial charge on any atom is -0.322 e. The Hall–Kier alpha value is -2.34. The monoisotopic (exact) mass is 326 g/mol. The van der Waals surface area contributed by atoms with Crippen molar-refractivity contribution < 1.29 is 4.79 Å². The lowest BCUT2D eigenvalue weighted by molar-refractivity contribution is 0.102. The predicted molar refractivity (Wildman–Crippen MR) is 93.4 cm³/mol. The summed E-state index contributed by atoms with van der Waals surface area (Å²) in [7, 11) is 0. The lowest BCUT2D eigenvalue weighted by Gasteiger charge is -2.06. The van der Waals surface area contributed by atoms with Crippen LogP contribution in [0.1, 0.15) is 27.3 Å². The number of nitrogens with one attached hydrogen (secondary N) is 1. The van der Waals surface area contributed by atoms with Gasteiger partial charge in [-0.05, 0) is 45.2 Å². The average molecular weight is 326 g/mol. The molecule has 1 aromatic carbocycles. The van der Waals surface area contributed by atoms with Crippen molar-refractivity contribution in [2.45, 2.75) is 25.8 Å². The fraction of sp³-hybridized carbons (Fsp3) is 0.235. The summed E-state index contributed by atoms with van der Waals surface area (Å²) >= 11 is 1.44. The molecule has 6 heteroatoms. The molecule has 5 nitrogen and oxygen atoms in total. The molecule has 3 rings (SSSR count). The van der Waals surface area contributed by atoms with Gasteiger partial charge in [0, 0.05) is 17.1 Å². The molecule has 0 aliphatic heterocycles. The van der Waals surface area contributed by atoms with E-state index in [0.29, 0.717) is 16.2 Å². The van der Waals surface area contributed by atoms with Crippen LogP contribution in [0.4, 0.5) is 5.69 Å². The summed E-state index contributed by atoms with van der Waals surface area (Å²) in [5.41, 5.74) is 4.85. The number of nitrogens with zero attached hydrogens (tertiary/aromatic N) is 3. The van der Waals surface area contributed by atoms with Crippen LogP contribution < -0.4 is 5.32 Å². The Morgan fingerprint density at radius 2 is 1.87 bits per heavy atom. The maximum atomic E-state index is 12.8. The first kappa shape index (κ1) is 15.6. The molecule has 1 amide bonds. The average Bonchev–Trinajstić information content (AvgIpc) is 2.88. The molecule has 23 heavy (non-hydrogen) atoms. The van der Waals surface area contributed by atoms with Crippen LogP contribution in [-0.4, -0.2) is 26.8 Å². The number of carbonyl (C=O) groups excluding carboxylic acids is 1. The molecule has 2 heterocycles. The van der Waals surface area contributed by atoms with Crippen LogP contribution >= 0.6 is 11.8 Å². The summed E-state index contributed by atoms with van der Waals surface area (Å²) in [6, 6.07) is 9.66. The zero-order valence-electron chi connectivity index (χ0n) is 13.5. The molecule has 0 atom stereocenters. The molecule has 0 radical (unpaired) electrons. The van der Waals surface area contributed by atoms with Crippen molar-refractivity contribution in [1.82, 2.24) is 14.6 Å². The highest BCUT2D eigenvalue weighted by molar-refractivity contribution is 7.98. The molecular weight excluding hydrogens is 308 g/mol. The summed E-state index contributed by atoms with van der Waals surface area (Å²) in [4.78, 5) is 17.3. The highest BCUT2D eigenvalue weighted by Crippen LogP contribution is 2.25. The number of aromatic nitrogens is 3. The second-order valence-corrected chi connectivity index (χ2v) is 6.27. The van der Waals surface area contributed by atoms with E-state index in [0.717, 1.165) is 22.6 Å². The number of carbonyl (C=O) groups is 1. The van der Waals surface area contributed by atoms with Crippen molar-refractivity contribution in [2.75, 3.05) is 11.6 Å². The maximum absolute atomic E-state index is 12.8. The molecule has 2 aromatic heterocycles. The SMILES string of the molecule is CSc1nn2c(C)cc(C)nc2c1C(=O)Nc1ccc(C)cc1. The smallest absolute Gasteiger partial charge is 0.262 e. The van der Waals surface area contributed by atoms with Crippen molar-refractivity contribution in [3.05, 3.63) is 52.8 Å². The second kappa shape index (κ2) is 6.04. The Balaban J connectivity index is 2.07. The van der Waals surface area contributed by atoms with Gasteiger partial charge >= 0.3 is 0 Å². The van der Waals surface area contributed by atoms with Gasteiger partial charge in [0.1, 0.15) is 10.6 Å². The maximum Gasteiger partial charge on any atom is 0.262 e. The minimum atomic E-state index is -0.189. The lowest BCUT2D eigenvalue weighted by Crippen LogP contribution is -2.13. The van der Waals surface area contributed by atoms with Crippen LogP contribution in [0.3, 0.4) is 0 Å². The Morgan fingerprint density at radius 3 is 2.52 bits per heavy atom. The Bertz CT molecular complexity index is 884. The second-order valence-electron chi connectivity index (χ2n) is 5.48. The van der Waals surface area contributed by atoms with Gasteiger partial charge in [0.05, 0.1) is 0 Å². The number of fused-ring (bicyclic) bond motifs is 1. The van der Waals surface area contributed by atoms with Gasteiger partial charge in [-0.1, -0.05) is 17.7 Å². The molecular formula is C17H18N4OS. The number of anilines is 1.